The summed E-state index contributed by atoms with van der Waals surface area (Å²) in [6.07, 6.45) is 2.47. The number of nitrogens with zero attached hydrogens (tertiary/aromatic N) is 3. The van der Waals surface area contributed by atoms with E-state index in [0.717, 1.165) is 11.6 Å². The first-order valence-corrected chi connectivity index (χ1v) is 7.37. The lowest BCUT2D eigenvalue weighted by Crippen LogP contribution is -2.32. The third-order valence-corrected chi connectivity index (χ3v) is 4.03. The first-order valence-electron chi connectivity index (χ1n) is 6.49. The molecule has 2 aromatic rings. The van der Waals surface area contributed by atoms with Gasteiger partial charge in [-0.1, -0.05) is 42.1 Å². The molecule has 1 atom stereocenters. The molecule has 0 aliphatic rings. The largest absolute Gasteiger partial charge is 0.355 e. The second-order valence-electron chi connectivity index (χ2n) is 4.51. The number of thioether (sulfide) groups is 1. The average molecular weight is 290 g/mol. The lowest BCUT2D eigenvalue weighted by Gasteiger charge is -2.11. The SMILES string of the molecule is CC(Sc1nncn1C)C(=O)NCCc1ccccc1. The van der Waals surface area contributed by atoms with Crippen LogP contribution >= 0.6 is 11.8 Å². The number of nitrogens with one attached hydrogen (secondary N) is 1. The van der Waals surface area contributed by atoms with Crippen LogP contribution < -0.4 is 5.32 Å². The maximum absolute atomic E-state index is 12.0. The van der Waals surface area contributed by atoms with Crippen molar-refractivity contribution in [2.24, 2.45) is 7.05 Å². The number of hydrogen-bond donors (Lipinski definition) is 1. The number of hydrogen-bond acceptors (Lipinski definition) is 4. The molecule has 0 fully saturated rings. The summed E-state index contributed by atoms with van der Waals surface area (Å²) in [6.45, 7) is 2.52. The number of benzene rings is 1. The van der Waals surface area contributed by atoms with E-state index in [9.17, 15) is 4.79 Å². The molecule has 0 spiro atoms. The zero-order valence-electron chi connectivity index (χ0n) is 11.6. The van der Waals surface area contributed by atoms with E-state index in [-0.39, 0.29) is 11.2 Å². The molecule has 1 aromatic carbocycles. The summed E-state index contributed by atoms with van der Waals surface area (Å²) in [5.41, 5.74) is 1.22. The van der Waals surface area contributed by atoms with E-state index < -0.39 is 0 Å². The second-order valence-corrected chi connectivity index (χ2v) is 5.82. The van der Waals surface area contributed by atoms with Crippen LogP contribution in [0.1, 0.15) is 12.5 Å². The Morgan fingerprint density at radius 2 is 2.15 bits per heavy atom. The molecule has 0 radical (unpaired) electrons. The molecular weight excluding hydrogens is 272 g/mol. The number of carbonyl (C=O) groups excluding carboxylic acids is 1. The molecule has 0 saturated carbocycles. The van der Waals surface area contributed by atoms with Gasteiger partial charge in [-0.3, -0.25) is 4.79 Å². The first-order chi connectivity index (χ1) is 9.66. The lowest BCUT2D eigenvalue weighted by molar-refractivity contribution is -0.120. The van der Waals surface area contributed by atoms with Crippen molar-refractivity contribution in [2.45, 2.75) is 23.8 Å². The Balaban J connectivity index is 1.76. The molecule has 0 aliphatic carbocycles. The molecule has 5 nitrogen and oxygen atoms in total. The van der Waals surface area contributed by atoms with E-state index in [4.69, 9.17) is 0 Å². The molecule has 20 heavy (non-hydrogen) atoms. The van der Waals surface area contributed by atoms with E-state index in [1.54, 1.807) is 10.9 Å². The zero-order chi connectivity index (χ0) is 14.4. The Morgan fingerprint density at radius 3 is 2.80 bits per heavy atom. The van der Waals surface area contributed by atoms with Crippen molar-refractivity contribution in [3.63, 3.8) is 0 Å². The smallest absolute Gasteiger partial charge is 0.233 e. The Kier molecular flexibility index (Phi) is 5.17. The van der Waals surface area contributed by atoms with Gasteiger partial charge in [0.15, 0.2) is 5.16 Å². The van der Waals surface area contributed by atoms with Crippen LogP contribution in [-0.2, 0) is 18.3 Å². The van der Waals surface area contributed by atoms with E-state index >= 15 is 0 Å². The Hall–Kier alpha value is -1.82. The highest BCUT2D eigenvalue weighted by Gasteiger charge is 2.16. The van der Waals surface area contributed by atoms with Crippen LogP contribution in [0.2, 0.25) is 0 Å². The molecule has 0 bridgehead atoms. The Bertz CT molecular complexity index is 555. The summed E-state index contributed by atoms with van der Waals surface area (Å²) in [7, 11) is 1.86. The molecule has 0 saturated heterocycles. The summed E-state index contributed by atoms with van der Waals surface area (Å²) < 4.78 is 1.80. The highest BCUT2D eigenvalue weighted by atomic mass is 32.2. The van der Waals surface area contributed by atoms with Gasteiger partial charge in [0.25, 0.3) is 0 Å². The van der Waals surface area contributed by atoms with Crippen molar-refractivity contribution in [3.8, 4) is 0 Å². The molecule has 1 amide bonds. The monoisotopic (exact) mass is 290 g/mol. The Labute approximate surface area is 122 Å². The maximum atomic E-state index is 12.0. The second kappa shape index (κ2) is 7.09. The molecule has 2 rings (SSSR count). The molecular formula is C14H18N4OS. The molecule has 1 N–H and O–H groups in total. The van der Waals surface area contributed by atoms with Gasteiger partial charge >= 0.3 is 0 Å². The summed E-state index contributed by atoms with van der Waals surface area (Å²) in [6, 6.07) is 10.1. The van der Waals surface area contributed by atoms with Gasteiger partial charge in [0.2, 0.25) is 5.91 Å². The third-order valence-electron chi connectivity index (χ3n) is 2.88. The summed E-state index contributed by atoms with van der Waals surface area (Å²) >= 11 is 1.41. The van der Waals surface area contributed by atoms with E-state index in [1.165, 1.54) is 17.3 Å². The van der Waals surface area contributed by atoms with E-state index in [0.29, 0.717) is 6.54 Å². The number of amides is 1. The number of rotatable bonds is 6. The molecule has 6 heteroatoms. The summed E-state index contributed by atoms with van der Waals surface area (Å²) in [4.78, 5) is 12.0. The van der Waals surface area contributed by atoms with Crippen molar-refractivity contribution in [2.75, 3.05) is 6.54 Å². The van der Waals surface area contributed by atoms with Gasteiger partial charge < -0.3 is 9.88 Å². The zero-order valence-corrected chi connectivity index (χ0v) is 12.4. The van der Waals surface area contributed by atoms with E-state index in [2.05, 4.69) is 27.6 Å². The van der Waals surface area contributed by atoms with Crippen molar-refractivity contribution in [1.29, 1.82) is 0 Å². The standard InChI is InChI=1S/C14H18N4OS/c1-11(20-14-17-16-10-18(14)2)13(19)15-9-8-12-6-4-3-5-7-12/h3-7,10-11H,8-9H2,1-2H3,(H,15,19). The van der Waals surface area contributed by atoms with Crippen LogP contribution in [0.5, 0.6) is 0 Å². The number of carbonyl (C=O) groups is 1. The van der Waals surface area contributed by atoms with Crippen LogP contribution in [0.3, 0.4) is 0 Å². The Morgan fingerprint density at radius 1 is 1.40 bits per heavy atom. The van der Waals surface area contributed by atoms with Crippen LogP contribution in [0.25, 0.3) is 0 Å². The van der Waals surface area contributed by atoms with Crippen molar-refractivity contribution in [1.82, 2.24) is 20.1 Å². The third kappa shape index (κ3) is 4.09. The molecule has 1 heterocycles. The van der Waals surface area contributed by atoms with Gasteiger partial charge in [-0.25, -0.2) is 0 Å². The van der Waals surface area contributed by atoms with Crippen LogP contribution in [0.4, 0.5) is 0 Å². The fourth-order valence-corrected chi connectivity index (χ4v) is 2.52. The van der Waals surface area contributed by atoms with Crippen LogP contribution in [0, 0.1) is 0 Å². The van der Waals surface area contributed by atoms with Crippen LogP contribution in [0.15, 0.2) is 41.8 Å². The normalized spacial score (nSPS) is 12.1. The van der Waals surface area contributed by atoms with Gasteiger partial charge in [-0.05, 0) is 18.9 Å². The molecule has 106 valence electrons. The predicted octanol–water partition coefficient (Wildman–Crippen LogP) is 1.65. The number of aromatic nitrogens is 3. The molecule has 1 aromatic heterocycles. The highest BCUT2D eigenvalue weighted by Crippen LogP contribution is 2.19. The van der Waals surface area contributed by atoms with Crippen molar-refractivity contribution >= 4 is 17.7 Å². The van der Waals surface area contributed by atoms with Gasteiger partial charge in [-0.2, -0.15) is 0 Å². The topological polar surface area (TPSA) is 59.8 Å². The molecule has 0 aliphatic heterocycles. The predicted molar refractivity (Wildman–Crippen MR) is 79.5 cm³/mol. The van der Waals surface area contributed by atoms with Gasteiger partial charge in [0.1, 0.15) is 6.33 Å². The van der Waals surface area contributed by atoms with E-state index in [1.807, 2.05) is 32.2 Å². The minimum absolute atomic E-state index is 0.0222. The highest BCUT2D eigenvalue weighted by molar-refractivity contribution is 8.00. The number of aryl methyl sites for hydroxylation is 1. The van der Waals surface area contributed by atoms with Gasteiger partial charge in [0, 0.05) is 13.6 Å². The maximum Gasteiger partial charge on any atom is 0.233 e. The average Bonchev–Trinajstić information content (AvgIpc) is 2.85. The van der Waals surface area contributed by atoms with Crippen LogP contribution in [-0.4, -0.2) is 32.5 Å². The minimum atomic E-state index is -0.186. The fraction of sp³-hybridized carbons (Fsp3) is 0.357. The summed E-state index contributed by atoms with van der Waals surface area (Å²) in [5.74, 6) is 0.0222. The lowest BCUT2D eigenvalue weighted by atomic mass is 10.1. The first kappa shape index (κ1) is 14.6. The van der Waals surface area contributed by atoms with Crippen molar-refractivity contribution in [3.05, 3.63) is 42.2 Å². The minimum Gasteiger partial charge on any atom is -0.355 e. The van der Waals surface area contributed by atoms with Gasteiger partial charge in [0.05, 0.1) is 5.25 Å². The molecule has 1 unspecified atom stereocenters. The quantitative estimate of drug-likeness (QED) is 0.822. The van der Waals surface area contributed by atoms with Gasteiger partial charge in [-0.15, -0.1) is 10.2 Å². The summed E-state index contributed by atoms with van der Waals surface area (Å²) in [5, 5.41) is 11.3. The fourth-order valence-electron chi connectivity index (χ4n) is 1.71. The van der Waals surface area contributed by atoms with Crippen molar-refractivity contribution < 1.29 is 4.79 Å².